The van der Waals surface area contributed by atoms with Gasteiger partial charge in [0, 0.05) is 0 Å². The number of rotatable bonds is 9. The zero-order chi connectivity index (χ0) is 23.1. The SMILES string of the molecule is CCC1CCC(COc2ccc(C(=O)Oc3ccc(C[C@@H](C)CC)c(F)c3F)cc2)CC1. The number of halogens is 2. The Bertz CT molecular complexity index is 887. The molecule has 32 heavy (non-hydrogen) atoms. The summed E-state index contributed by atoms with van der Waals surface area (Å²) in [7, 11) is 0. The molecule has 2 aromatic carbocycles. The Morgan fingerprint density at radius 3 is 2.25 bits per heavy atom. The van der Waals surface area contributed by atoms with Crippen LogP contribution in [0.15, 0.2) is 36.4 Å². The topological polar surface area (TPSA) is 35.5 Å². The molecule has 174 valence electrons. The lowest BCUT2D eigenvalue weighted by molar-refractivity contribution is 0.0726. The largest absolute Gasteiger partial charge is 0.493 e. The normalized spacial score (nSPS) is 19.4. The molecule has 0 radical (unpaired) electrons. The van der Waals surface area contributed by atoms with Crippen molar-refractivity contribution in [1.82, 2.24) is 0 Å². The number of esters is 1. The van der Waals surface area contributed by atoms with Crippen LogP contribution in [-0.4, -0.2) is 12.6 Å². The standard InChI is InChI=1S/C27H34F2O3/c1-4-18(3)16-22-12-15-24(26(29)25(22)28)32-27(30)21-10-13-23(14-11-21)31-17-20-8-6-19(5-2)7-9-20/h10-15,18-20H,4-9,16-17H2,1-3H3/t18-,19?,20?/m0/s1. The molecule has 0 amide bonds. The smallest absolute Gasteiger partial charge is 0.343 e. The van der Waals surface area contributed by atoms with Crippen molar-refractivity contribution in [2.24, 2.45) is 17.8 Å². The summed E-state index contributed by atoms with van der Waals surface area (Å²) in [5.74, 6) is -0.861. The molecule has 0 spiro atoms. The van der Waals surface area contributed by atoms with Crippen LogP contribution < -0.4 is 9.47 Å². The first kappa shape index (κ1) is 24.2. The number of hydrogen-bond acceptors (Lipinski definition) is 3. The van der Waals surface area contributed by atoms with Crippen LogP contribution in [0.2, 0.25) is 0 Å². The molecule has 0 saturated heterocycles. The van der Waals surface area contributed by atoms with E-state index in [1.165, 1.54) is 44.2 Å². The van der Waals surface area contributed by atoms with Crippen molar-refractivity contribution in [3.63, 3.8) is 0 Å². The molecule has 3 nitrogen and oxygen atoms in total. The van der Waals surface area contributed by atoms with Crippen molar-refractivity contribution in [1.29, 1.82) is 0 Å². The van der Waals surface area contributed by atoms with E-state index in [1.807, 2.05) is 13.8 Å². The highest BCUT2D eigenvalue weighted by Crippen LogP contribution is 2.31. The minimum atomic E-state index is -1.13. The fourth-order valence-electron chi connectivity index (χ4n) is 4.19. The molecule has 5 heteroatoms. The Labute approximate surface area is 190 Å². The van der Waals surface area contributed by atoms with Gasteiger partial charge in [0.25, 0.3) is 0 Å². The van der Waals surface area contributed by atoms with Gasteiger partial charge in [-0.3, -0.25) is 0 Å². The number of carbonyl (C=O) groups excluding carboxylic acids is 1. The van der Waals surface area contributed by atoms with Gasteiger partial charge in [-0.2, -0.15) is 4.39 Å². The van der Waals surface area contributed by atoms with E-state index in [9.17, 15) is 13.6 Å². The van der Waals surface area contributed by atoms with E-state index in [0.717, 1.165) is 12.3 Å². The molecule has 3 rings (SSSR count). The third-order valence-electron chi connectivity index (χ3n) is 6.71. The molecular formula is C27H34F2O3. The van der Waals surface area contributed by atoms with Crippen LogP contribution in [-0.2, 0) is 6.42 Å². The molecule has 0 aromatic heterocycles. The van der Waals surface area contributed by atoms with Gasteiger partial charge in [-0.25, -0.2) is 9.18 Å². The van der Waals surface area contributed by atoms with Crippen molar-refractivity contribution in [3.8, 4) is 11.5 Å². The van der Waals surface area contributed by atoms with E-state index >= 15 is 0 Å². The Kier molecular flexibility index (Phi) is 8.66. The van der Waals surface area contributed by atoms with Crippen LogP contribution >= 0.6 is 0 Å². The highest BCUT2D eigenvalue weighted by Gasteiger charge is 2.21. The fraction of sp³-hybridized carbons (Fsp3) is 0.519. The molecule has 0 N–H and O–H groups in total. The van der Waals surface area contributed by atoms with E-state index in [2.05, 4.69) is 6.92 Å². The minimum Gasteiger partial charge on any atom is -0.493 e. The fourth-order valence-corrected chi connectivity index (χ4v) is 4.19. The maximum absolute atomic E-state index is 14.4. The summed E-state index contributed by atoms with van der Waals surface area (Å²) in [5.41, 5.74) is 0.547. The van der Waals surface area contributed by atoms with Crippen LogP contribution in [0.3, 0.4) is 0 Å². The summed E-state index contributed by atoms with van der Waals surface area (Å²) in [6, 6.07) is 9.38. The van der Waals surface area contributed by atoms with E-state index in [-0.39, 0.29) is 11.5 Å². The monoisotopic (exact) mass is 444 g/mol. The summed E-state index contributed by atoms with van der Waals surface area (Å²) >= 11 is 0. The van der Waals surface area contributed by atoms with Gasteiger partial charge in [0.15, 0.2) is 11.6 Å². The van der Waals surface area contributed by atoms with Crippen molar-refractivity contribution in [2.75, 3.05) is 6.61 Å². The average Bonchev–Trinajstić information content (AvgIpc) is 2.83. The molecule has 2 aromatic rings. The molecular weight excluding hydrogens is 410 g/mol. The van der Waals surface area contributed by atoms with Crippen molar-refractivity contribution in [2.45, 2.75) is 65.7 Å². The van der Waals surface area contributed by atoms with Gasteiger partial charge in [-0.1, -0.05) is 52.5 Å². The van der Waals surface area contributed by atoms with E-state index < -0.39 is 23.4 Å². The quantitative estimate of drug-likeness (QED) is 0.299. The summed E-state index contributed by atoms with van der Waals surface area (Å²) < 4.78 is 39.8. The molecule has 0 aliphatic heterocycles. The zero-order valence-electron chi connectivity index (χ0n) is 19.3. The second-order valence-corrected chi connectivity index (χ2v) is 9.09. The molecule has 0 unspecified atom stereocenters. The van der Waals surface area contributed by atoms with Crippen molar-refractivity contribution < 1.29 is 23.0 Å². The molecule has 1 aliphatic carbocycles. The van der Waals surface area contributed by atoms with Gasteiger partial charge in [0.05, 0.1) is 12.2 Å². The summed E-state index contributed by atoms with van der Waals surface area (Å²) in [6.07, 6.45) is 7.49. The van der Waals surface area contributed by atoms with Gasteiger partial charge in [-0.15, -0.1) is 0 Å². The lowest BCUT2D eigenvalue weighted by Crippen LogP contribution is -2.19. The lowest BCUT2D eigenvalue weighted by atomic mass is 9.81. The van der Waals surface area contributed by atoms with Crippen LogP contribution in [0.4, 0.5) is 8.78 Å². The third kappa shape index (κ3) is 6.30. The van der Waals surface area contributed by atoms with Gasteiger partial charge < -0.3 is 9.47 Å². The number of ether oxygens (including phenoxy) is 2. The van der Waals surface area contributed by atoms with E-state index in [0.29, 0.717) is 30.3 Å². The maximum Gasteiger partial charge on any atom is 0.343 e. The number of hydrogen-bond donors (Lipinski definition) is 0. The average molecular weight is 445 g/mol. The predicted molar refractivity (Wildman–Crippen MR) is 122 cm³/mol. The first-order valence-electron chi connectivity index (χ1n) is 11.8. The van der Waals surface area contributed by atoms with Gasteiger partial charge >= 0.3 is 5.97 Å². The van der Waals surface area contributed by atoms with Crippen LogP contribution in [0.1, 0.15) is 75.2 Å². The first-order chi connectivity index (χ1) is 15.4. The number of carbonyl (C=O) groups is 1. The third-order valence-corrected chi connectivity index (χ3v) is 6.71. The van der Waals surface area contributed by atoms with Gasteiger partial charge in [0.2, 0.25) is 5.82 Å². The minimum absolute atomic E-state index is 0.240. The highest BCUT2D eigenvalue weighted by atomic mass is 19.2. The molecule has 0 bridgehead atoms. The highest BCUT2D eigenvalue weighted by molar-refractivity contribution is 5.91. The molecule has 1 fully saturated rings. The summed E-state index contributed by atoms with van der Waals surface area (Å²) in [6.45, 7) is 6.91. The zero-order valence-corrected chi connectivity index (χ0v) is 19.3. The first-order valence-corrected chi connectivity index (χ1v) is 11.8. The Balaban J connectivity index is 1.55. The van der Waals surface area contributed by atoms with Crippen LogP contribution in [0, 0.1) is 29.4 Å². The Morgan fingerprint density at radius 2 is 1.62 bits per heavy atom. The van der Waals surface area contributed by atoms with Gasteiger partial charge in [0.1, 0.15) is 5.75 Å². The van der Waals surface area contributed by atoms with Gasteiger partial charge in [-0.05, 0) is 72.9 Å². The lowest BCUT2D eigenvalue weighted by Gasteiger charge is -2.27. The van der Waals surface area contributed by atoms with Crippen molar-refractivity contribution in [3.05, 3.63) is 59.2 Å². The Hall–Kier alpha value is -2.43. The van der Waals surface area contributed by atoms with Crippen molar-refractivity contribution >= 4 is 5.97 Å². The predicted octanol–water partition coefficient (Wildman–Crippen LogP) is 7.37. The molecule has 0 heterocycles. The molecule has 1 atom stereocenters. The second kappa shape index (κ2) is 11.4. The molecule has 1 saturated carbocycles. The summed E-state index contributed by atoms with van der Waals surface area (Å²) in [4.78, 5) is 12.4. The van der Waals surface area contributed by atoms with E-state index in [4.69, 9.17) is 9.47 Å². The van der Waals surface area contributed by atoms with Crippen LogP contribution in [0.25, 0.3) is 0 Å². The summed E-state index contributed by atoms with van der Waals surface area (Å²) in [5, 5.41) is 0. The molecule has 1 aliphatic rings. The van der Waals surface area contributed by atoms with E-state index in [1.54, 1.807) is 24.3 Å². The Morgan fingerprint density at radius 1 is 0.969 bits per heavy atom. The maximum atomic E-state index is 14.4. The van der Waals surface area contributed by atoms with Crippen LogP contribution in [0.5, 0.6) is 11.5 Å². The number of benzene rings is 2. The second-order valence-electron chi connectivity index (χ2n) is 9.09.